The fraction of sp³-hybridized carbons (Fsp3) is 0.458. The van der Waals surface area contributed by atoms with Crippen LogP contribution in [0.15, 0.2) is 61.2 Å². The normalized spacial score (nSPS) is 23.5. The van der Waals surface area contributed by atoms with E-state index in [4.69, 9.17) is 0 Å². The molecule has 0 bridgehead atoms. The molecule has 30 heavy (non-hydrogen) atoms. The highest BCUT2D eigenvalue weighted by Gasteiger charge is 2.39. The summed E-state index contributed by atoms with van der Waals surface area (Å²) >= 11 is 0. The molecule has 2 saturated carbocycles. The highest BCUT2D eigenvalue weighted by Crippen LogP contribution is 2.43. The molecule has 0 aliphatic heterocycles. The maximum Gasteiger partial charge on any atom is 0.269 e. The van der Waals surface area contributed by atoms with Crippen molar-refractivity contribution < 1.29 is 13.6 Å². The Bertz CT molecular complexity index is 803. The van der Waals surface area contributed by atoms with Crippen LogP contribution in [0, 0.1) is 5.92 Å². The minimum atomic E-state index is -2.90. The molecule has 2 nitrogen and oxygen atoms in total. The van der Waals surface area contributed by atoms with Crippen LogP contribution in [-0.2, 0) is 0 Å². The van der Waals surface area contributed by atoms with Crippen LogP contribution in [0.5, 0.6) is 0 Å². The Hall–Kier alpha value is -1.37. The first-order valence-corrected chi connectivity index (χ1v) is 11.8. The fourth-order valence-corrected chi connectivity index (χ4v) is 4.80. The van der Waals surface area contributed by atoms with Crippen LogP contribution in [0.2, 0.25) is 0 Å². The van der Waals surface area contributed by atoms with Crippen molar-refractivity contribution in [2.45, 2.75) is 61.9 Å². The maximum absolute atomic E-state index is 13.6. The number of carbonyl (C=O) groups is 1. The van der Waals surface area contributed by atoms with Gasteiger partial charge in [0.2, 0.25) is 0 Å². The molecule has 2 fully saturated rings. The third kappa shape index (κ3) is 5.45. The average molecular weight is 449 g/mol. The first-order chi connectivity index (χ1) is 14.3. The van der Waals surface area contributed by atoms with E-state index in [-0.39, 0.29) is 11.9 Å². The monoisotopic (exact) mass is 449 g/mol. The van der Waals surface area contributed by atoms with E-state index in [1.165, 1.54) is 5.57 Å². The highest BCUT2D eigenvalue weighted by atomic mass is 31.0. The lowest BCUT2D eigenvalue weighted by Crippen LogP contribution is -2.44. The van der Waals surface area contributed by atoms with Crippen molar-refractivity contribution in [3.63, 3.8) is 0 Å². The van der Waals surface area contributed by atoms with E-state index in [0.717, 1.165) is 38.5 Å². The van der Waals surface area contributed by atoms with Crippen LogP contribution in [-0.4, -0.2) is 28.6 Å². The second-order valence-electron chi connectivity index (χ2n) is 8.33. The van der Waals surface area contributed by atoms with Gasteiger partial charge in [-0.2, -0.15) is 0 Å². The van der Waals surface area contributed by atoms with Crippen LogP contribution in [0.25, 0.3) is 0 Å². The number of benzene rings is 1. The molecule has 3 unspecified atom stereocenters. The SMILES string of the molecule is C=C/C=C(\C=C)C1CCC(N(C(=O)c2ccc(C(P)C(F)(F)P)cc2)C2CC2)CC1. The number of nitrogens with zero attached hydrogens (tertiary/aromatic N) is 1. The second-order valence-corrected chi connectivity index (χ2v) is 9.77. The lowest BCUT2D eigenvalue weighted by atomic mass is 9.80. The minimum absolute atomic E-state index is 0.0241. The summed E-state index contributed by atoms with van der Waals surface area (Å²) in [5.74, 6) is 0.496. The lowest BCUT2D eigenvalue weighted by molar-refractivity contribution is 0.0598. The van der Waals surface area contributed by atoms with Gasteiger partial charge in [-0.1, -0.05) is 52.8 Å². The van der Waals surface area contributed by atoms with Crippen LogP contribution in [0.4, 0.5) is 8.78 Å². The van der Waals surface area contributed by atoms with E-state index in [1.807, 2.05) is 12.2 Å². The summed E-state index contributed by atoms with van der Waals surface area (Å²) < 4.78 is 27.1. The first kappa shape index (κ1) is 23.3. The Balaban J connectivity index is 1.70. The second kappa shape index (κ2) is 9.84. The molecule has 1 aromatic carbocycles. The number of carbonyl (C=O) groups excluding carboxylic acids is 1. The molecule has 162 valence electrons. The molecule has 0 radical (unpaired) electrons. The fourth-order valence-electron chi connectivity index (χ4n) is 4.38. The zero-order chi connectivity index (χ0) is 21.9. The van der Waals surface area contributed by atoms with Gasteiger partial charge < -0.3 is 4.90 Å². The summed E-state index contributed by atoms with van der Waals surface area (Å²) in [6, 6.07) is 7.21. The van der Waals surface area contributed by atoms with Crippen molar-refractivity contribution in [2.24, 2.45) is 5.92 Å². The Morgan fingerprint density at radius 2 is 1.60 bits per heavy atom. The van der Waals surface area contributed by atoms with Crippen molar-refractivity contribution in [3.05, 3.63) is 72.4 Å². The van der Waals surface area contributed by atoms with Crippen molar-refractivity contribution in [1.82, 2.24) is 4.90 Å². The summed E-state index contributed by atoms with van der Waals surface area (Å²) in [6.07, 6.45) is 11.8. The van der Waals surface area contributed by atoms with Gasteiger partial charge in [0.05, 0.1) is 5.66 Å². The maximum atomic E-state index is 13.6. The largest absolute Gasteiger partial charge is 0.333 e. The third-order valence-corrected chi connectivity index (χ3v) is 7.79. The first-order valence-electron chi connectivity index (χ1n) is 10.6. The van der Waals surface area contributed by atoms with Crippen LogP contribution < -0.4 is 0 Å². The number of allylic oxidation sites excluding steroid dienone is 4. The zero-order valence-corrected chi connectivity index (χ0v) is 19.6. The lowest BCUT2D eigenvalue weighted by Gasteiger charge is -2.37. The van der Waals surface area contributed by atoms with Crippen molar-refractivity contribution >= 4 is 24.4 Å². The summed E-state index contributed by atoms with van der Waals surface area (Å²) in [7, 11) is 3.77. The quantitative estimate of drug-likeness (QED) is 0.326. The van der Waals surface area contributed by atoms with E-state index in [1.54, 1.807) is 39.6 Å². The number of hydrogen-bond acceptors (Lipinski definition) is 1. The summed E-state index contributed by atoms with van der Waals surface area (Å²) in [6.45, 7) is 7.70. The number of hydrogen-bond donors (Lipinski definition) is 0. The molecular formula is C24H31F2NOP2. The Morgan fingerprint density at radius 1 is 1.07 bits per heavy atom. The molecule has 0 saturated heterocycles. The topological polar surface area (TPSA) is 20.3 Å². The third-order valence-electron chi connectivity index (χ3n) is 6.21. The van der Waals surface area contributed by atoms with Gasteiger partial charge in [-0.25, -0.2) is 8.78 Å². The van der Waals surface area contributed by atoms with E-state index in [9.17, 15) is 13.6 Å². The predicted molar refractivity (Wildman–Crippen MR) is 127 cm³/mol. The van der Waals surface area contributed by atoms with Gasteiger partial charge in [-0.05, 0) is 67.7 Å². The molecule has 0 spiro atoms. The average Bonchev–Trinajstić information content (AvgIpc) is 3.56. The summed E-state index contributed by atoms with van der Waals surface area (Å²) in [4.78, 5) is 15.4. The molecule has 2 aliphatic rings. The van der Waals surface area contributed by atoms with Gasteiger partial charge in [-0.3, -0.25) is 4.79 Å². The van der Waals surface area contributed by atoms with Crippen LogP contribution in [0.3, 0.4) is 0 Å². The van der Waals surface area contributed by atoms with Gasteiger partial charge in [0, 0.05) is 17.6 Å². The Morgan fingerprint density at radius 3 is 2.03 bits per heavy atom. The van der Waals surface area contributed by atoms with Gasteiger partial charge in [0.15, 0.2) is 0 Å². The number of amides is 1. The molecule has 0 aromatic heterocycles. The molecule has 0 heterocycles. The van der Waals surface area contributed by atoms with Gasteiger partial charge in [0.1, 0.15) is 0 Å². The number of halogens is 2. The van der Waals surface area contributed by atoms with Crippen LogP contribution in [0.1, 0.15) is 60.1 Å². The standard InChI is InChI=1S/C24H31F2NOP2/c1-3-5-16(4-2)17-10-12-20(13-11-17)27(21-14-15-21)23(28)19-8-6-18(7-9-19)22(29)24(25,26)30/h3-9,17,20-22H,1-2,10-15,29-30H2/b16-5+. The summed E-state index contributed by atoms with van der Waals surface area (Å²) in [5, 5.41) is 0. The van der Waals surface area contributed by atoms with E-state index >= 15 is 0 Å². The van der Waals surface area contributed by atoms with E-state index in [0.29, 0.717) is 23.1 Å². The molecule has 0 N–H and O–H groups in total. The molecule has 6 heteroatoms. The number of alkyl halides is 2. The smallest absolute Gasteiger partial charge is 0.269 e. The molecule has 3 rings (SSSR count). The molecular weight excluding hydrogens is 418 g/mol. The van der Waals surface area contributed by atoms with Crippen molar-refractivity contribution in [2.75, 3.05) is 0 Å². The van der Waals surface area contributed by atoms with E-state index in [2.05, 4.69) is 27.3 Å². The summed E-state index contributed by atoms with van der Waals surface area (Å²) in [5.41, 5.74) is -1.60. The van der Waals surface area contributed by atoms with Gasteiger partial charge in [-0.15, -0.1) is 9.24 Å². The highest BCUT2D eigenvalue weighted by molar-refractivity contribution is 7.23. The van der Waals surface area contributed by atoms with Gasteiger partial charge in [0.25, 0.3) is 11.6 Å². The van der Waals surface area contributed by atoms with Crippen LogP contribution >= 0.6 is 18.5 Å². The van der Waals surface area contributed by atoms with Crippen molar-refractivity contribution in [3.8, 4) is 0 Å². The Labute approximate surface area is 183 Å². The van der Waals surface area contributed by atoms with Gasteiger partial charge >= 0.3 is 0 Å². The molecule has 1 amide bonds. The number of rotatable bonds is 8. The van der Waals surface area contributed by atoms with Crippen molar-refractivity contribution in [1.29, 1.82) is 0 Å². The Kier molecular flexibility index (Phi) is 7.64. The molecule has 3 atom stereocenters. The zero-order valence-electron chi connectivity index (χ0n) is 17.3. The molecule has 1 aromatic rings. The molecule has 2 aliphatic carbocycles. The predicted octanol–water partition coefficient (Wildman–Crippen LogP) is 6.53. The minimum Gasteiger partial charge on any atom is -0.333 e. The van der Waals surface area contributed by atoms with E-state index < -0.39 is 11.3 Å².